The van der Waals surface area contributed by atoms with E-state index in [0.29, 0.717) is 5.56 Å². The lowest BCUT2D eigenvalue weighted by Crippen LogP contribution is -2.15. The molecule has 0 unspecified atom stereocenters. The van der Waals surface area contributed by atoms with Gasteiger partial charge in [0.1, 0.15) is 5.82 Å². The van der Waals surface area contributed by atoms with Crippen LogP contribution in [0.25, 0.3) is 0 Å². The fourth-order valence-corrected chi connectivity index (χ4v) is 3.97. The maximum atomic E-state index is 13.7. The van der Waals surface area contributed by atoms with Gasteiger partial charge in [-0.15, -0.1) is 11.8 Å². The Morgan fingerprint density at radius 2 is 1.88 bits per heavy atom. The minimum absolute atomic E-state index is 0.0240. The van der Waals surface area contributed by atoms with E-state index in [1.54, 1.807) is 41.3 Å². The zero-order chi connectivity index (χ0) is 16.8. The second-order valence-electron chi connectivity index (χ2n) is 5.23. The zero-order valence-corrected chi connectivity index (χ0v) is 14.5. The van der Waals surface area contributed by atoms with Crippen LogP contribution in [0, 0.1) is 5.82 Å². The van der Waals surface area contributed by atoms with E-state index in [4.69, 9.17) is 0 Å². The molecule has 3 rings (SSSR count). The quantitative estimate of drug-likeness (QED) is 0.602. The summed E-state index contributed by atoms with van der Waals surface area (Å²) in [5.41, 5.74) is 2.43. The van der Waals surface area contributed by atoms with Crippen molar-refractivity contribution in [2.75, 3.05) is 5.32 Å². The van der Waals surface area contributed by atoms with Gasteiger partial charge in [-0.1, -0.05) is 30.3 Å². The van der Waals surface area contributed by atoms with Gasteiger partial charge in [0.05, 0.1) is 12.1 Å². The summed E-state index contributed by atoms with van der Waals surface area (Å²) >= 11 is 3.35. The van der Waals surface area contributed by atoms with Crippen LogP contribution in [0.15, 0.2) is 70.3 Å². The first-order valence-corrected chi connectivity index (χ1v) is 9.41. The third-order valence-corrected chi connectivity index (χ3v) is 5.32. The molecule has 0 fully saturated rings. The maximum Gasteiger partial charge on any atom is 0.228 e. The number of thioether (sulfide) groups is 1. The lowest BCUT2D eigenvalue weighted by atomic mass is 10.1. The van der Waals surface area contributed by atoms with E-state index in [1.165, 1.54) is 11.6 Å². The van der Waals surface area contributed by atoms with Crippen molar-refractivity contribution in [3.05, 3.63) is 82.3 Å². The second-order valence-corrected chi connectivity index (χ2v) is 7.03. The molecule has 1 aromatic heterocycles. The van der Waals surface area contributed by atoms with Crippen LogP contribution < -0.4 is 5.32 Å². The van der Waals surface area contributed by atoms with Gasteiger partial charge in [-0.2, -0.15) is 11.3 Å². The van der Waals surface area contributed by atoms with Crippen molar-refractivity contribution in [3.8, 4) is 0 Å². The van der Waals surface area contributed by atoms with Gasteiger partial charge in [-0.05, 0) is 46.2 Å². The number of thiophene rings is 1. The number of benzene rings is 2. The van der Waals surface area contributed by atoms with E-state index in [-0.39, 0.29) is 18.1 Å². The molecule has 0 saturated heterocycles. The first-order valence-electron chi connectivity index (χ1n) is 7.48. The fourth-order valence-electron chi connectivity index (χ4n) is 2.24. The van der Waals surface area contributed by atoms with Crippen LogP contribution in [-0.2, 0) is 17.0 Å². The Morgan fingerprint density at radius 3 is 2.67 bits per heavy atom. The van der Waals surface area contributed by atoms with Gasteiger partial charge in [0.2, 0.25) is 5.91 Å². The number of rotatable bonds is 6. The van der Waals surface area contributed by atoms with Gasteiger partial charge in [-0.3, -0.25) is 4.79 Å². The molecule has 5 heteroatoms. The molecule has 1 amide bonds. The van der Waals surface area contributed by atoms with Gasteiger partial charge < -0.3 is 5.32 Å². The van der Waals surface area contributed by atoms with Crippen molar-refractivity contribution in [3.63, 3.8) is 0 Å². The van der Waals surface area contributed by atoms with Crippen molar-refractivity contribution in [1.29, 1.82) is 0 Å². The summed E-state index contributed by atoms with van der Waals surface area (Å²) in [6.45, 7) is 0. The minimum atomic E-state index is -0.354. The highest BCUT2D eigenvalue weighted by atomic mass is 32.2. The molecular formula is C19H16FNOS2. The molecule has 1 N–H and O–H groups in total. The normalized spacial score (nSPS) is 10.5. The fraction of sp³-hybridized carbons (Fsp3) is 0.105. The number of carbonyl (C=O) groups is 1. The Hall–Kier alpha value is -2.11. The van der Waals surface area contributed by atoms with Gasteiger partial charge in [0.25, 0.3) is 0 Å². The number of amides is 1. The van der Waals surface area contributed by atoms with Crippen molar-refractivity contribution in [2.24, 2.45) is 0 Å². The second kappa shape index (κ2) is 8.13. The van der Waals surface area contributed by atoms with Crippen LogP contribution >= 0.6 is 23.1 Å². The predicted molar refractivity (Wildman–Crippen MR) is 99.1 cm³/mol. The molecule has 0 radical (unpaired) electrons. The van der Waals surface area contributed by atoms with Gasteiger partial charge in [0, 0.05) is 10.6 Å². The molecule has 2 nitrogen and oxygen atoms in total. The molecule has 0 aliphatic carbocycles. The summed E-state index contributed by atoms with van der Waals surface area (Å²) in [5.74, 6) is 0.278. The molecule has 0 saturated carbocycles. The first kappa shape index (κ1) is 16.7. The molecular weight excluding hydrogens is 341 g/mol. The summed E-state index contributed by atoms with van der Waals surface area (Å²) in [6.07, 6.45) is 0.0240. The van der Waals surface area contributed by atoms with Crippen molar-refractivity contribution >= 4 is 34.7 Å². The van der Waals surface area contributed by atoms with Crippen LogP contribution in [0.3, 0.4) is 0 Å². The monoisotopic (exact) mass is 357 g/mol. The standard InChI is InChI=1S/C19H16FNOS2/c20-16-6-2-1-5-15(16)11-19(22)21-17-7-3-4-8-18(17)24-13-14-9-10-23-12-14/h1-10,12H,11,13H2,(H,21,22). The largest absolute Gasteiger partial charge is 0.325 e. The van der Waals surface area contributed by atoms with Crippen molar-refractivity contribution in [2.45, 2.75) is 17.1 Å². The Morgan fingerprint density at radius 1 is 1.08 bits per heavy atom. The topological polar surface area (TPSA) is 29.1 Å². The third kappa shape index (κ3) is 4.46. The van der Waals surface area contributed by atoms with E-state index < -0.39 is 0 Å². The van der Waals surface area contributed by atoms with Crippen LogP contribution in [0.5, 0.6) is 0 Å². The molecule has 0 bridgehead atoms. The molecule has 122 valence electrons. The lowest BCUT2D eigenvalue weighted by molar-refractivity contribution is -0.115. The summed E-state index contributed by atoms with van der Waals surface area (Å²) < 4.78 is 13.7. The van der Waals surface area contributed by atoms with Crippen molar-refractivity contribution in [1.82, 2.24) is 0 Å². The number of nitrogens with one attached hydrogen (secondary N) is 1. The number of halogens is 1. The van der Waals surface area contributed by atoms with E-state index in [2.05, 4.69) is 22.1 Å². The van der Waals surface area contributed by atoms with E-state index in [9.17, 15) is 9.18 Å². The molecule has 3 aromatic rings. The van der Waals surface area contributed by atoms with Gasteiger partial charge >= 0.3 is 0 Å². The molecule has 0 atom stereocenters. The average Bonchev–Trinajstić information content (AvgIpc) is 3.10. The Bertz CT molecular complexity index is 818. The molecule has 0 aliphatic rings. The number of hydrogen-bond donors (Lipinski definition) is 1. The van der Waals surface area contributed by atoms with E-state index in [0.717, 1.165) is 16.3 Å². The number of anilines is 1. The zero-order valence-electron chi connectivity index (χ0n) is 12.9. The maximum absolute atomic E-state index is 13.7. The Kier molecular flexibility index (Phi) is 5.67. The van der Waals surface area contributed by atoms with Crippen LogP contribution in [0.4, 0.5) is 10.1 Å². The van der Waals surface area contributed by atoms with Crippen LogP contribution in [-0.4, -0.2) is 5.91 Å². The summed E-state index contributed by atoms with van der Waals surface area (Å²) in [5, 5.41) is 7.06. The first-order chi connectivity index (χ1) is 11.7. The van der Waals surface area contributed by atoms with Crippen molar-refractivity contribution < 1.29 is 9.18 Å². The predicted octanol–water partition coefficient (Wildman–Crippen LogP) is 5.36. The summed E-state index contributed by atoms with van der Waals surface area (Å²) in [6, 6.07) is 16.1. The van der Waals surface area contributed by atoms with Gasteiger partial charge in [-0.25, -0.2) is 4.39 Å². The van der Waals surface area contributed by atoms with E-state index in [1.807, 2.05) is 24.3 Å². The summed E-state index contributed by atoms with van der Waals surface area (Å²) in [4.78, 5) is 13.2. The Balaban J connectivity index is 1.66. The number of para-hydroxylation sites is 1. The highest BCUT2D eigenvalue weighted by Crippen LogP contribution is 2.30. The van der Waals surface area contributed by atoms with Crippen LogP contribution in [0.2, 0.25) is 0 Å². The van der Waals surface area contributed by atoms with Crippen LogP contribution in [0.1, 0.15) is 11.1 Å². The highest BCUT2D eigenvalue weighted by Gasteiger charge is 2.10. The molecule has 0 spiro atoms. The minimum Gasteiger partial charge on any atom is -0.325 e. The smallest absolute Gasteiger partial charge is 0.228 e. The lowest BCUT2D eigenvalue weighted by Gasteiger charge is -2.11. The van der Waals surface area contributed by atoms with E-state index >= 15 is 0 Å². The number of carbonyl (C=O) groups excluding carboxylic acids is 1. The molecule has 0 aliphatic heterocycles. The highest BCUT2D eigenvalue weighted by molar-refractivity contribution is 7.98. The molecule has 1 heterocycles. The third-order valence-electron chi connectivity index (χ3n) is 3.44. The van der Waals surface area contributed by atoms with Gasteiger partial charge in [0.15, 0.2) is 0 Å². The Labute approximate surface area is 148 Å². The molecule has 2 aromatic carbocycles. The summed E-state index contributed by atoms with van der Waals surface area (Å²) in [7, 11) is 0. The average molecular weight is 357 g/mol. The molecule has 24 heavy (non-hydrogen) atoms. The SMILES string of the molecule is O=C(Cc1ccccc1F)Nc1ccccc1SCc1ccsc1. The number of hydrogen-bond acceptors (Lipinski definition) is 3.